The number of rotatable bonds is 4. The molecule has 1 aromatic heterocycles. The summed E-state index contributed by atoms with van der Waals surface area (Å²) in [6.07, 6.45) is 5.08. The zero-order valence-corrected chi connectivity index (χ0v) is 11.1. The van der Waals surface area contributed by atoms with Crippen LogP contribution >= 0.6 is 0 Å². The summed E-state index contributed by atoms with van der Waals surface area (Å²) in [5.74, 6) is 0. The summed E-state index contributed by atoms with van der Waals surface area (Å²) in [7, 11) is -1.49. The Morgan fingerprint density at radius 1 is 1.50 bits per heavy atom. The van der Waals surface area contributed by atoms with Crippen molar-refractivity contribution in [3.63, 3.8) is 0 Å². The molecule has 7 heteroatoms. The minimum atomic E-state index is -3.12. The fourth-order valence-electron chi connectivity index (χ4n) is 2.45. The summed E-state index contributed by atoms with van der Waals surface area (Å²) in [5.41, 5.74) is 0.938. The lowest BCUT2D eigenvalue weighted by molar-refractivity contribution is 0.129. The van der Waals surface area contributed by atoms with Crippen molar-refractivity contribution in [1.29, 1.82) is 0 Å². The van der Waals surface area contributed by atoms with E-state index in [1.54, 1.807) is 23.9 Å². The van der Waals surface area contributed by atoms with Gasteiger partial charge in [0.2, 0.25) is 10.0 Å². The summed E-state index contributed by atoms with van der Waals surface area (Å²) in [5, 5.41) is -0.157. The van der Waals surface area contributed by atoms with Gasteiger partial charge >= 0.3 is 0 Å². The van der Waals surface area contributed by atoms with Crippen LogP contribution in [0.15, 0.2) is 12.5 Å². The topological polar surface area (TPSA) is 64.4 Å². The number of nitrogens with zero attached hydrogens (tertiary/aromatic N) is 3. The molecule has 1 aliphatic heterocycles. The van der Waals surface area contributed by atoms with Gasteiger partial charge in [0.05, 0.1) is 36.5 Å². The Kier molecular flexibility index (Phi) is 2.91. The summed E-state index contributed by atoms with van der Waals surface area (Å²) >= 11 is 0. The lowest BCUT2D eigenvalue weighted by Gasteiger charge is -2.33. The van der Waals surface area contributed by atoms with Gasteiger partial charge in [-0.1, -0.05) is 0 Å². The molecule has 18 heavy (non-hydrogen) atoms. The molecule has 0 amide bonds. The van der Waals surface area contributed by atoms with Crippen molar-refractivity contribution >= 4 is 10.0 Å². The van der Waals surface area contributed by atoms with E-state index >= 15 is 0 Å². The summed E-state index contributed by atoms with van der Waals surface area (Å²) in [6.45, 7) is 1.41. The van der Waals surface area contributed by atoms with Crippen LogP contribution in [0.1, 0.15) is 24.6 Å². The van der Waals surface area contributed by atoms with Crippen LogP contribution in [0.2, 0.25) is 0 Å². The molecule has 2 aliphatic rings. The largest absolute Gasteiger partial charge is 0.382 e. The van der Waals surface area contributed by atoms with Crippen molar-refractivity contribution in [1.82, 2.24) is 13.9 Å². The molecule has 0 unspecified atom stereocenters. The first kappa shape index (κ1) is 12.1. The first-order valence-electron chi connectivity index (χ1n) is 6.11. The van der Waals surface area contributed by atoms with Crippen molar-refractivity contribution in [3.05, 3.63) is 18.2 Å². The van der Waals surface area contributed by atoms with E-state index in [1.807, 2.05) is 4.57 Å². The third-order valence-corrected chi connectivity index (χ3v) is 5.87. The van der Waals surface area contributed by atoms with Crippen molar-refractivity contribution < 1.29 is 13.2 Å². The maximum atomic E-state index is 12.3. The molecule has 6 nitrogen and oxygen atoms in total. The molecule has 100 valence electrons. The van der Waals surface area contributed by atoms with E-state index in [-0.39, 0.29) is 11.3 Å². The molecule has 1 saturated carbocycles. The summed E-state index contributed by atoms with van der Waals surface area (Å²) < 4.78 is 33.3. The van der Waals surface area contributed by atoms with Crippen LogP contribution < -0.4 is 0 Å². The van der Waals surface area contributed by atoms with Gasteiger partial charge in [-0.3, -0.25) is 0 Å². The third-order valence-electron chi connectivity index (χ3n) is 3.56. The molecule has 0 spiro atoms. The lowest BCUT2D eigenvalue weighted by atomic mass is 10.2. The second kappa shape index (κ2) is 4.32. The number of imidazole rings is 1. The highest BCUT2D eigenvalue weighted by Crippen LogP contribution is 2.34. The zero-order valence-electron chi connectivity index (χ0n) is 10.3. The number of methoxy groups -OCH3 is 1. The molecule has 0 N–H and O–H groups in total. The van der Waals surface area contributed by atoms with Crippen LogP contribution in [0.4, 0.5) is 0 Å². The van der Waals surface area contributed by atoms with E-state index in [0.717, 1.165) is 18.5 Å². The molecule has 0 aromatic carbocycles. The Balaban J connectivity index is 1.88. The monoisotopic (exact) mass is 271 g/mol. The molecule has 0 bridgehead atoms. The van der Waals surface area contributed by atoms with Crippen LogP contribution in [-0.4, -0.2) is 47.8 Å². The van der Waals surface area contributed by atoms with E-state index in [2.05, 4.69) is 4.98 Å². The average molecular weight is 271 g/mol. The van der Waals surface area contributed by atoms with Crippen LogP contribution in [0.25, 0.3) is 0 Å². The first-order valence-corrected chi connectivity index (χ1v) is 7.62. The lowest BCUT2D eigenvalue weighted by Crippen LogP contribution is -2.43. The molecule has 1 aliphatic carbocycles. The Morgan fingerprint density at radius 2 is 2.28 bits per heavy atom. The van der Waals surface area contributed by atoms with E-state index in [0.29, 0.717) is 19.7 Å². The Morgan fingerprint density at radius 3 is 2.94 bits per heavy atom. The van der Waals surface area contributed by atoms with E-state index in [9.17, 15) is 8.42 Å². The number of ether oxygens (including phenoxy) is 1. The molecule has 0 radical (unpaired) electrons. The van der Waals surface area contributed by atoms with E-state index in [1.165, 1.54) is 0 Å². The van der Waals surface area contributed by atoms with Gasteiger partial charge in [0.25, 0.3) is 0 Å². The quantitative estimate of drug-likeness (QED) is 0.794. The molecule has 3 rings (SSSR count). The molecule has 1 atom stereocenters. The normalized spacial score (nSPS) is 25.1. The number of hydrogen-bond donors (Lipinski definition) is 0. The smallest absolute Gasteiger partial charge is 0.217 e. The molecule has 1 fully saturated rings. The maximum Gasteiger partial charge on any atom is 0.217 e. The van der Waals surface area contributed by atoms with Gasteiger partial charge < -0.3 is 9.30 Å². The number of aromatic nitrogens is 2. The average Bonchev–Trinajstić information content (AvgIpc) is 3.09. The van der Waals surface area contributed by atoms with Crippen LogP contribution in [0, 0.1) is 0 Å². The van der Waals surface area contributed by atoms with Gasteiger partial charge in [-0.15, -0.1) is 0 Å². The minimum absolute atomic E-state index is 0.0229. The highest BCUT2D eigenvalue weighted by Gasteiger charge is 2.42. The maximum absolute atomic E-state index is 12.3. The van der Waals surface area contributed by atoms with Gasteiger partial charge in [0, 0.05) is 19.9 Å². The molecule has 0 saturated heterocycles. The summed E-state index contributed by atoms with van der Waals surface area (Å²) in [4.78, 5) is 4.10. The third kappa shape index (κ3) is 1.96. The highest BCUT2D eigenvalue weighted by atomic mass is 32.2. The van der Waals surface area contributed by atoms with Gasteiger partial charge in [-0.2, -0.15) is 4.31 Å². The predicted molar refractivity (Wildman–Crippen MR) is 65.5 cm³/mol. The second-order valence-corrected chi connectivity index (χ2v) is 7.15. The SMILES string of the molecule is COC[C@H]1CN(S(=O)(=O)C2CC2)Cc2cncn21. The first-order chi connectivity index (χ1) is 8.63. The van der Waals surface area contributed by atoms with Gasteiger partial charge in [-0.05, 0) is 12.8 Å². The summed E-state index contributed by atoms with van der Waals surface area (Å²) in [6, 6.07) is 0.0229. The second-order valence-electron chi connectivity index (χ2n) is 4.94. The van der Waals surface area contributed by atoms with Crippen LogP contribution in [-0.2, 0) is 21.3 Å². The molecular formula is C11H17N3O3S. The number of sulfonamides is 1. The Labute approximate surface area is 107 Å². The minimum Gasteiger partial charge on any atom is -0.382 e. The van der Waals surface area contributed by atoms with Crippen LogP contribution in [0.5, 0.6) is 0 Å². The van der Waals surface area contributed by atoms with Gasteiger partial charge in [0.1, 0.15) is 0 Å². The standard InChI is InChI=1S/C11H17N3O3S/c1-17-7-10-6-13(18(15,16)11-2-3-11)5-9-4-12-8-14(9)10/h4,8,10-11H,2-3,5-7H2,1H3/t10-/m1/s1. The van der Waals surface area contributed by atoms with E-state index in [4.69, 9.17) is 4.74 Å². The fraction of sp³-hybridized carbons (Fsp3) is 0.727. The Bertz CT molecular complexity index is 535. The van der Waals surface area contributed by atoms with Crippen molar-refractivity contribution in [2.75, 3.05) is 20.3 Å². The number of hydrogen-bond acceptors (Lipinski definition) is 4. The predicted octanol–water partition coefficient (Wildman–Crippen LogP) is 0.378. The van der Waals surface area contributed by atoms with Crippen molar-refractivity contribution in [2.24, 2.45) is 0 Å². The molecule has 2 heterocycles. The van der Waals surface area contributed by atoms with Crippen molar-refractivity contribution in [3.8, 4) is 0 Å². The fourth-order valence-corrected chi connectivity index (χ4v) is 4.29. The van der Waals surface area contributed by atoms with E-state index < -0.39 is 10.0 Å². The molecular weight excluding hydrogens is 254 g/mol. The highest BCUT2D eigenvalue weighted by molar-refractivity contribution is 7.90. The van der Waals surface area contributed by atoms with Crippen molar-refractivity contribution in [2.45, 2.75) is 30.7 Å². The number of fused-ring (bicyclic) bond motifs is 1. The zero-order chi connectivity index (χ0) is 12.8. The van der Waals surface area contributed by atoms with Gasteiger partial charge in [-0.25, -0.2) is 13.4 Å². The molecule has 1 aromatic rings. The van der Waals surface area contributed by atoms with Gasteiger partial charge in [0.15, 0.2) is 0 Å². The Hall–Kier alpha value is -0.920. The van der Waals surface area contributed by atoms with Crippen LogP contribution in [0.3, 0.4) is 0 Å².